The molecule has 0 amide bonds. The zero-order valence-corrected chi connectivity index (χ0v) is 9.97. The highest BCUT2D eigenvalue weighted by Gasteiger charge is 2.30. The van der Waals surface area contributed by atoms with Crippen LogP contribution in [0.25, 0.3) is 0 Å². The van der Waals surface area contributed by atoms with Crippen molar-refractivity contribution < 1.29 is 14.2 Å². The van der Waals surface area contributed by atoms with Crippen LogP contribution < -0.4 is 0 Å². The van der Waals surface area contributed by atoms with E-state index >= 15 is 0 Å². The van der Waals surface area contributed by atoms with Crippen LogP contribution in [0.2, 0.25) is 0 Å². The molecule has 3 nitrogen and oxygen atoms in total. The lowest BCUT2D eigenvalue weighted by molar-refractivity contribution is -0.372. The molecule has 0 N–H and O–H groups in total. The molecule has 0 fully saturated rings. The fraction of sp³-hybridized carbons (Fsp3) is 1.00. The van der Waals surface area contributed by atoms with E-state index in [-0.39, 0.29) is 0 Å². The summed E-state index contributed by atoms with van der Waals surface area (Å²) < 4.78 is 16.4. The second kappa shape index (κ2) is 8.21. The standard InChI is InChI=1S/C11H24O3/c1-5-8-9-10-11(12-4,13-6-2)14-7-3/h5-10H2,1-4H3. The maximum atomic E-state index is 5.52. The summed E-state index contributed by atoms with van der Waals surface area (Å²) in [5.74, 6) is -0.807. The molecule has 0 aromatic carbocycles. The van der Waals surface area contributed by atoms with Gasteiger partial charge in [-0.25, -0.2) is 0 Å². The Morgan fingerprint density at radius 3 is 1.86 bits per heavy atom. The topological polar surface area (TPSA) is 27.7 Å². The molecule has 0 aromatic rings. The highest BCUT2D eigenvalue weighted by atomic mass is 16.9. The summed E-state index contributed by atoms with van der Waals surface area (Å²) in [6.07, 6.45) is 4.26. The van der Waals surface area contributed by atoms with E-state index in [0.29, 0.717) is 13.2 Å². The first-order valence-corrected chi connectivity index (χ1v) is 5.57. The molecule has 0 aliphatic carbocycles. The van der Waals surface area contributed by atoms with Crippen LogP contribution in [-0.4, -0.2) is 26.3 Å². The van der Waals surface area contributed by atoms with Crippen molar-refractivity contribution in [3.8, 4) is 0 Å². The van der Waals surface area contributed by atoms with Gasteiger partial charge in [0.15, 0.2) is 0 Å². The third-order valence-corrected chi connectivity index (χ3v) is 2.13. The Hall–Kier alpha value is -0.120. The third kappa shape index (κ3) is 4.94. The van der Waals surface area contributed by atoms with Gasteiger partial charge >= 0.3 is 0 Å². The summed E-state index contributed by atoms with van der Waals surface area (Å²) in [6, 6.07) is 0. The van der Waals surface area contributed by atoms with Crippen molar-refractivity contribution in [2.24, 2.45) is 0 Å². The second-order valence-electron chi connectivity index (χ2n) is 3.21. The Morgan fingerprint density at radius 1 is 0.929 bits per heavy atom. The molecule has 0 unspecified atom stereocenters. The Labute approximate surface area is 87.7 Å². The largest absolute Gasteiger partial charge is 0.331 e. The van der Waals surface area contributed by atoms with Gasteiger partial charge in [0.25, 0.3) is 5.97 Å². The first kappa shape index (κ1) is 13.9. The second-order valence-corrected chi connectivity index (χ2v) is 3.21. The van der Waals surface area contributed by atoms with Gasteiger partial charge in [0.05, 0.1) is 0 Å². The molecule has 14 heavy (non-hydrogen) atoms. The molecular formula is C11H24O3. The van der Waals surface area contributed by atoms with E-state index in [0.717, 1.165) is 12.8 Å². The van der Waals surface area contributed by atoms with E-state index in [2.05, 4.69) is 6.92 Å². The molecule has 0 aliphatic rings. The number of unbranched alkanes of at least 4 members (excludes halogenated alkanes) is 2. The molecule has 0 radical (unpaired) electrons. The molecule has 0 saturated carbocycles. The van der Waals surface area contributed by atoms with Crippen LogP contribution in [0.3, 0.4) is 0 Å². The van der Waals surface area contributed by atoms with Gasteiger partial charge in [-0.15, -0.1) is 0 Å². The van der Waals surface area contributed by atoms with Gasteiger partial charge in [-0.3, -0.25) is 0 Å². The van der Waals surface area contributed by atoms with Gasteiger partial charge < -0.3 is 14.2 Å². The predicted octanol–water partition coefficient (Wildman–Crippen LogP) is 2.94. The van der Waals surface area contributed by atoms with Crippen molar-refractivity contribution in [2.75, 3.05) is 20.3 Å². The van der Waals surface area contributed by atoms with Crippen LogP contribution >= 0.6 is 0 Å². The van der Waals surface area contributed by atoms with Gasteiger partial charge in [0.1, 0.15) is 0 Å². The zero-order chi connectivity index (χ0) is 10.9. The Bertz CT molecular complexity index is 120. The molecule has 0 aliphatic heterocycles. The maximum Gasteiger partial charge on any atom is 0.282 e. The van der Waals surface area contributed by atoms with Crippen molar-refractivity contribution >= 4 is 0 Å². The Morgan fingerprint density at radius 2 is 1.50 bits per heavy atom. The number of methoxy groups -OCH3 is 1. The van der Waals surface area contributed by atoms with Crippen LogP contribution in [-0.2, 0) is 14.2 Å². The lowest BCUT2D eigenvalue weighted by Crippen LogP contribution is -2.38. The molecule has 0 atom stereocenters. The molecular weight excluding hydrogens is 180 g/mol. The fourth-order valence-corrected chi connectivity index (χ4v) is 1.44. The normalized spacial score (nSPS) is 12.0. The van der Waals surface area contributed by atoms with E-state index in [9.17, 15) is 0 Å². The summed E-state index contributed by atoms with van der Waals surface area (Å²) in [6.45, 7) is 7.30. The van der Waals surface area contributed by atoms with Gasteiger partial charge in [0, 0.05) is 26.7 Å². The lowest BCUT2D eigenvalue weighted by Gasteiger charge is -2.31. The quantitative estimate of drug-likeness (QED) is 0.427. The summed E-state index contributed by atoms with van der Waals surface area (Å²) >= 11 is 0. The minimum atomic E-state index is -0.807. The first-order valence-electron chi connectivity index (χ1n) is 5.57. The average molecular weight is 204 g/mol. The number of hydrogen-bond acceptors (Lipinski definition) is 3. The van der Waals surface area contributed by atoms with Crippen LogP contribution in [0, 0.1) is 0 Å². The summed E-state index contributed by atoms with van der Waals surface area (Å²) in [5, 5.41) is 0. The Kier molecular flexibility index (Phi) is 8.14. The fourth-order valence-electron chi connectivity index (χ4n) is 1.44. The Balaban J connectivity index is 4.03. The van der Waals surface area contributed by atoms with E-state index < -0.39 is 5.97 Å². The van der Waals surface area contributed by atoms with Gasteiger partial charge in [0.2, 0.25) is 0 Å². The molecule has 3 heteroatoms. The average Bonchev–Trinajstić information content (AvgIpc) is 2.19. The molecule has 0 heterocycles. The molecule has 0 aromatic heterocycles. The van der Waals surface area contributed by atoms with Crippen LogP contribution in [0.5, 0.6) is 0 Å². The van der Waals surface area contributed by atoms with Crippen LogP contribution in [0.1, 0.15) is 46.5 Å². The minimum Gasteiger partial charge on any atom is -0.331 e. The van der Waals surface area contributed by atoms with E-state index in [1.165, 1.54) is 12.8 Å². The first-order chi connectivity index (χ1) is 6.74. The van der Waals surface area contributed by atoms with Gasteiger partial charge in [-0.1, -0.05) is 19.8 Å². The smallest absolute Gasteiger partial charge is 0.282 e. The monoisotopic (exact) mass is 204 g/mol. The third-order valence-electron chi connectivity index (χ3n) is 2.13. The zero-order valence-electron chi connectivity index (χ0n) is 9.97. The molecule has 0 bridgehead atoms. The molecule has 0 saturated heterocycles. The minimum absolute atomic E-state index is 0.611. The van der Waals surface area contributed by atoms with Gasteiger partial charge in [-0.2, -0.15) is 0 Å². The summed E-state index contributed by atoms with van der Waals surface area (Å²) in [7, 11) is 1.64. The van der Waals surface area contributed by atoms with Crippen molar-refractivity contribution in [3.63, 3.8) is 0 Å². The SMILES string of the molecule is CCCCCC(OC)(OCC)OCC. The molecule has 0 rings (SSSR count). The van der Waals surface area contributed by atoms with Crippen LogP contribution in [0.15, 0.2) is 0 Å². The summed E-state index contributed by atoms with van der Waals surface area (Å²) in [5.41, 5.74) is 0. The van der Waals surface area contributed by atoms with Crippen molar-refractivity contribution in [1.29, 1.82) is 0 Å². The van der Waals surface area contributed by atoms with E-state index in [1.54, 1.807) is 7.11 Å². The maximum absolute atomic E-state index is 5.52. The number of rotatable bonds is 9. The lowest BCUT2D eigenvalue weighted by atomic mass is 10.2. The number of hydrogen-bond donors (Lipinski definition) is 0. The van der Waals surface area contributed by atoms with Crippen molar-refractivity contribution in [2.45, 2.75) is 52.4 Å². The highest BCUT2D eigenvalue weighted by Crippen LogP contribution is 2.22. The molecule has 86 valence electrons. The van der Waals surface area contributed by atoms with E-state index in [1.807, 2.05) is 13.8 Å². The van der Waals surface area contributed by atoms with Crippen molar-refractivity contribution in [1.82, 2.24) is 0 Å². The predicted molar refractivity (Wildman–Crippen MR) is 57.1 cm³/mol. The summed E-state index contributed by atoms with van der Waals surface area (Å²) in [4.78, 5) is 0. The highest BCUT2D eigenvalue weighted by molar-refractivity contribution is 4.57. The molecule has 0 spiro atoms. The number of ether oxygens (including phenoxy) is 3. The van der Waals surface area contributed by atoms with Crippen LogP contribution in [0.4, 0.5) is 0 Å². The van der Waals surface area contributed by atoms with Gasteiger partial charge in [-0.05, 0) is 20.3 Å². The van der Waals surface area contributed by atoms with Crippen molar-refractivity contribution in [3.05, 3.63) is 0 Å². The van der Waals surface area contributed by atoms with E-state index in [4.69, 9.17) is 14.2 Å².